The van der Waals surface area contributed by atoms with Gasteiger partial charge < -0.3 is 9.73 Å². The van der Waals surface area contributed by atoms with Gasteiger partial charge in [-0.2, -0.15) is 4.31 Å². The quantitative estimate of drug-likeness (QED) is 0.249. The molecule has 3 aromatic carbocycles. The molecule has 12 nitrogen and oxygen atoms in total. The van der Waals surface area contributed by atoms with E-state index in [-0.39, 0.29) is 51.8 Å². The van der Waals surface area contributed by atoms with Crippen molar-refractivity contribution in [3.8, 4) is 11.3 Å². The zero-order valence-corrected chi connectivity index (χ0v) is 25.3. The molecule has 1 fully saturated rings. The fraction of sp³-hybridized carbons (Fsp3) is 0.276. The summed E-state index contributed by atoms with van der Waals surface area (Å²) in [7, 11) is -6.33. The van der Waals surface area contributed by atoms with Crippen LogP contribution in [0.25, 0.3) is 33.3 Å². The summed E-state index contributed by atoms with van der Waals surface area (Å²) in [5.74, 6) is -1.39. The number of benzene rings is 3. The Hall–Kier alpha value is -4.34. The molecule has 15 heteroatoms. The highest BCUT2D eigenvalue weighted by molar-refractivity contribution is 7.92. The maximum Gasteiger partial charge on any atom is 0.255 e. The molecule has 1 atom stereocenters. The summed E-state index contributed by atoms with van der Waals surface area (Å²) in [5.41, 5.74) is 2.01. The number of nitrogens with one attached hydrogen (secondary N) is 2. The summed E-state index contributed by atoms with van der Waals surface area (Å²) in [6.45, 7) is 1.77. The van der Waals surface area contributed by atoms with Gasteiger partial charge in [0.05, 0.1) is 17.0 Å². The lowest BCUT2D eigenvalue weighted by Gasteiger charge is -2.33. The van der Waals surface area contributed by atoms with Crippen molar-refractivity contribution in [1.82, 2.24) is 19.9 Å². The van der Waals surface area contributed by atoms with Gasteiger partial charge in [0, 0.05) is 37.2 Å². The minimum Gasteiger partial charge on any atom is -0.455 e. The highest BCUT2D eigenvalue weighted by Crippen LogP contribution is 2.41. The molecule has 1 saturated heterocycles. The smallest absolute Gasteiger partial charge is 0.255 e. The molecule has 0 spiro atoms. The standard InChI is InChI=1S/C29H28FN5O7S2/c1-3-43(37,38)34-23-15-24-21(26(29(36)31-2)28(41-24)17-9-11-19(30)12-10-17)14-20(23)18-6-5-13-35(16-18)44(39,40)25-8-4-7-22-27(25)33-42-32-22/h4,7-12,14-15,18,34H,3,5-6,13,16H2,1-2H3,(H,31,36)/t18-/m0/s1. The predicted molar refractivity (Wildman–Crippen MR) is 161 cm³/mol. The Morgan fingerprint density at radius 1 is 1.09 bits per heavy atom. The van der Waals surface area contributed by atoms with E-state index >= 15 is 0 Å². The van der Waals surface area contributed by atoms with Crippen molar-refractivity contribution in [3.05, 3.63) is 71.5 Å². The van der Waals surface area contributed by atoms with E-state index in [2.05, 4.69) is 20.4 Å². The highest BCUT2D eigenvalue weighted by Gasteiger charge is 2.35. The molecule has 44 heavy (non-hydrogen) atoms. The molecule has 2 N–H and O–H groups in total. The molecular formula is C29H28FN5O7S2. The van der Waals surface area contributed by atoms with Gasteiger partial charge in [-0.15, -0.1) is 0 Å². The molecule has 0 unspecified atom stereocenters. The van der Waals surface area contributed by atoms with Crippen LogP contribution >= 0.6 is 0 Å². The molecule has 6 rings (SSSR count). The van der Waals surface area contributed by atoms with Crippen LogP contribution in [0.4, 0.5) is 10.1 Å². The van der Waals surface area contributed by atoms with Crippen LogP contribution in [0.3, 0.4) is 0 Å². The zero-order chi connectivity index (χ0) is 31.2. The molecule has 0 radical (unpaired) electrons. The monoisotopic (exact) mass is 641 g/mol. The van der Waals surface area contributed by atoms with Gasteiger partial charge >= 0.3 is 0 Å². The molecule has 2 aromatic heterocycles. The number of carbonyl (C=O) groups is 1. The number of sulfonamides is 2. The molecule has 5 aromatic rings. The van der Waals surface area contributed by atoms with Gasteiger partial charge in [0.15, 0.2) is 5.52 Å². The van der Waals surface area contributed by atoms with E-state index in [9.17, 15) is 26.0 Å². The first-order valence-electron chi connectivity index (χ1n) is 13.8. The molecule has 3 heterocycles. The Bertz CT molecular complexity index is 2110. The zero-order valence-electron chi connectivity index (χ0n) is 23.7. The van der Waals surface area contributed by atoms with Crippen molar-refractivity contribution in [2.24, 2.45) is 0 Å². The van der Waals surface area contributed by atoms with Crippen molar-refractivity contribution in [2.75, 3.05) is 30.6 Å². The second-order valence-corrected chi connectivity index (χ2v) is 14.3. The number of carbonyl (C=O) groups excluding carboxylic acids is 1. The molecular weight excluding hydrogens is 613 g/mol. The number of halogens is 1. The summed E-state index contributed by atoms with van der Waals surface area (Å²) >= 11 is 0. The van der Waals surface area contributed by atoms with Crippen LogP contribution < -0.4 is 10.0 Å². The van der Waals surface area contributed by atoms with Gasteiger partial charge in [-0.25, -0.2) is 25.9 Å². The van der Waals surface area contributed by atoms with Gasteiger partial charge in [-0.05, 0) is 84.0 Å². The van der Waals surface area contributed by atoms with Crippen LogP contribution in [0, 0.1) is 5.82 Å². The lowest BCUT2D eigenvalue weighted by atomic mass is 9.89. The fourth-order valence-corrected chi connectivity index (χ4v) is 7.84. The second kappa shape index (κ2) is 11.3. The van der Waals surface area contributed by atoms with Crippen molar-refractivity contribution in [3.63, 3.8) is 0 Å². The van der Waals surface area contributed by atoms with E-state index in [1.807, 2.05) is 0 Å². The first-order valence-corrected chi connectivity index (χ1v) is 16.9. The largest absolute Gasteiger partial charge is 0.455 e. The number of hydrogen-bond acceptors (Lipinski definition) is 9. The van der Waals surface area contributed by atoms with Gasteiger partial charge in [0.1, 0.15) is 27.6 Å². The fourth-order valence-electron chi connectivity index (χ4n) is 5.52. The summed E-state index contributed by atoms with van der Waals surface area (Å²) < 4.78 is 81.7. The van der Waals surface area contributed by atoms with Crippen molar-refractivity contribution < 1.29 is 35.1 Å². The number of rotatable bonds is 8. The van der Waals surface area contributed by atoms with Crippen LogP contribution in [-0.2, 0) is 20.0 Å². The third-order valence-corrected chi connectivity index (χ3v) is 10.9. The van der Waals surface area contributed by atoms with E-state index in [0.717, 1.165) is 0 Å². The molecule has 1 aliphatic rings. The topological polar surface area (TPSA) is 165 Å². The number of hydrogen-bond donors (Lipinski definition) is 2. The van der Waals surface area contributed by atoms with Crippen LogP contribution in [-0.4, -0.2) is 63.3 Å². The van der Waals surface area contributed by atoms with Crippen LogP contribution in [0.1, 0.15) is 41.6 Å². The van der Waals surface area contributed by atoms with Gasteiger partial charge in [-0.3, -0.25) is 9.52 Å². The Labute approximate surface area is 252 Å². The van der Waals surface area contributed by atoms with Crippen molar-refractivity contribution >= 4 is 53.6 Å². The third-order valence-electron chi connectivity index (χ3n) is 7.76. The van der Waals surface area contributed by atoms with E-state index in [1.165, 1.54) is 54.7 Å². The summed E-state index contributed by atoms with van der Waals surface area (Å²) in [6, 6.07) is 13.2. The van der Waals surface area contributed by atoms with Crippen LogP contribution in [0.15, 0.2) is 68.5 Å². The van der Waals surface area contributed by atoms with Gasteiger partial charge in [0.25, 0.3) is 5.91 Å². The average Bonchev–Trinajstić information content (AvgIpc) is 3.65. The lowest BCUT2D eigenvalue weighted by molar-refractivity contribution is 0.0964. The highest BCUT2D eigenvalue weighted by atomic mass is 32.2. The number of nitrogens with zero attached hydrogens (tertiary/aromatic N) is 3. The van der Waals surface area contributed by atoms with Gasteiger partial charge in [0.2, 0.25) is 20.0 Å². The molecule has 0 aliphatic carbocycles. The van der Waals surface area contributed by atoms with E-state index in [0.29, 0.717) is 34.9 Å². The SMILES string of the molecule is CCS(=O)(=O)Nc1cc2oc(-c3ccc(F)cc3)c(C(=O)NC)c2cc1[C@H]1CCCN(S(=O)(=O)c2cccc3nonc23)C1. The first kappa shape index (κ1) is 29.7. The summed E-state index contributed by atoms with van der Waals surface area (Å²) in [4.78, 5) is 13.1. The van der Waals surface area contributed by atoms with E-state index in [4.69, 9.17) is 9.05 Å². The minimum atomic E-state index is -4.04. The molecule has 0 bridgehead atoms. The maximum absolute atomic E-state index is 13.8. The van der Waals surface area contributed by atoms with E-state index in [1.54, 1.807) is 18.2 Å². The number of aromatic nitrogens is 2. The van der Waals surface area contributed by atoms with Crippen molar-refractivity contribution in [1.29, 1.82) is 0 Å². The van der Waals surface area contributed by atoms with Crippen LogP contribution in [0.5, 0.6) is 0 Å². The first-order chi connectivity index (χ1) is 21.0. The molecule has 230 valence electrons. The number of fused-ring (bicyclic) bond motifs is 2. The molecule has 1 aliphatic heterocycles. The number of amides is 1. The van der Waals surface area contributed by atoms with E-state index < -0.39 is 37.7 Å². The third kappa shape index (κ3) is 5.31. The molecule has 1 amide bonds. The normalized spacial score (nSPS) is 16.4. The molecule has 0 saturated carbocycles. The van der Waals surface area contributed by atoms with Crippen molar-refractivity contribution in [2.45, 2.75) is 30.6 Å². The van der Waals surface area contributed by atoms with Gasteiger partial charge in [-0.1, -0.05) is 6.07 Å². The van der Waals surface area contributed by atoms with Crippen LogP contribution in [0.2, 0.25) is 0 Å². The maximum atomic E-state index is 13.8. The average molecular weight is 642 g/mol. The minimum absolute atomic E-state index is 0.0361. The second-order valence-electron chi connectivity index (χ2n) is 10.4. The summed E-state index contributed by atoms with van der Waals surface area (Å²) in [5, 5.41) is 10.5. The number of furan rings is 1. The predicted octanol–water partition coefficient (Wildman–Crippen LogP) is 4.46. The Morgan fingerprint density at radius 2 is 1.86 bits per heavy atom. The Morgan fingerprint density at radius 3 is 2.59 bits per heavy atom. The Kier molecular flexibility index (Phi) is 7.63. The Balaban J connectivity index is 1.49. The number of piperidine rings is 1. The lowest BCUT2D eigenvalue weighted by Crippen LogP contribution is -2.39. The summed E-state index contributed by atoms with van der Waals surface area (Å²) in [6.07, 6.45) is 1.04. The number of anilines is 1.